The molecule has 2 aliphatic heterocycles. The summed E-state index contributed by atoms with van der Waals surface area (Å²) in [5.41, 5.74) is 0.595. The smallest absolute Gasteiger partial charge is 0.159 e. The molecule has 2 aliphatic rings. The van der Waals surface area contributed by atoms with Gasteiger partial charge >= 0.3 is 0 Å². The van der Waals surface area contributed by atoms with Crippen LogP contribution in [0.15, 0.2) is 72.8 Å². The second-order valence-corrected chi connectivity index (χ2v) is 16.3. The summed E-state index contributed by atoms with van der Waals surface area (Å²) in [6.07, 6.45) is 0. The highest BCUT2D eigenvalue weighted by molar-refractivity contribution is 7.91. The maximum atomic E-state index is 13.2. The number of rotatable bonds is 4. The van der Waals surface area contributed by atoms with Crippen LogP contribution in [0.3, 0.4) is 0 Å². The molecule has 0 aliphatic carbocycles. The Morgan fingerprint density at radius 2 is 0.682 bits per heavy atom. The molecule has 0 N–H and O–H groups in total. The van der Waals surface area contributed by atoms with Crippen molar-refractivity contribution >= 4 is 19.7 Å². The van der Waals surface area contributed by atoms with Crippen LogP contribution in [0.2, 0.25) is 0 Å². The molecular weight excluding hydrogens is 593 g/mol. The molecule has 4 atom stereocenters. The highest BCUT2D eigenvalue weighted by Gasteiger charge is 2.56. The van der Waals surface area contributed by atoms with Crippen molar-refractivity contribution in [1.82, 2.24) is 0 Å². The molecule has 2 saturated heterocycles. The summed E-state index contributed by atoms with van der Waals surface area (Å²) < 4.78 is 52.7. The lowest BCUT2D eigenvalue weighted by Crippen LogP contribution is -2.46. The van der Waals surface area contributed by atoms with E-state index in [0.717, 1.165) is 11.1 Å². The number of benzene rings is 3. The molecule has 44 heavy (non-hydrogen) atoms. The number of aryl methyl sites for hydroxylation is 2. The van der Waals surface area contributed by atoms with E-state index in [1.807, 2.05) is 38.1 Å². The molecule has 4 unspecified atom stereocenters. The van der Waals surface area contributed by atoms with E-state index < -0.39 is 65.7 Å². The van der Waals surface area contributed by atoms with Gasteiger partial charge in [0.1, 0.15) is 0 Å². The standard InChI is InChI=1S/C34H30N4O4S2/c1-23-3-7-25(8-4-23)29-15-43(39,40)17-31(33(29,19-35)20-36)27-11-13-28(14-12-27)32-18-44(41,42)16-30(34(32,21-37)22-38)26-9-5-24(2)6-10-26/h3-14,29-32H,15-18H2,1-2H3. The molecule has 222 valence electrons. The fourth-order valence-electron chi connectivity index (χ4n) is 6.83. The summed E-state index contributed by atoms with van der Waals surface area (Å²) in [6.45, 7) is 3.78. The van der Waals surface area contributed by atoms with E-state index in [1.165, 1.54) is 0 Å². The first-order valence-corrected chi connectivity index (χ1v) is 17.8. The Bertz CT molecular complexity index is 1800. The summed E-state index contributed by atoms with van der Waals surface area (Å²) in [5.74, 6) is -5.20. The normalized spacial score (nSPS) is 26.1. The van der Waals surface area contributed by atoms with Crippen LogP contribution in [0.5, 0.6) is 0 Å². The van der Waals surface area contributed by atoms with Gasteiger partial charge in [0.25, 0.3) is 0 Å². The van der Waals surface area contributed by atoms with E-state index in [2.05, 4.69) is 24.3 Å². The largest absolute Gasteiger partial charge is 0.229 e. The van der Waals surface area contributed by atoms with Gasteiger partial charge in [0.15, 0.2) is 30.5 Å². The van der Waals surface area contributed by atoms with Crippen molar-refractivity contribution in [3.05, 3.63) is 106 Å². The van der Waals surface area contributed by atoms with E-state index in [-0.39, 0.29) is 11.5 Å². The van der Waals surface area contributed by atoms with Gasteiger partial charge in [0.2, 0.25) is 0 Å². The predicted molar refractivity (Wildman–Crippen MR) is 164 cm³/mol. The first kappa shape index (κ1) is 31.0. The van der Waals surface area contributed by atoms with Crippen LogP contribution in [-0.2, 0) is 19.7 Å². The van der Waals surface area contributed by atoms with Crippen molar-refractivity contribution in [2.24, 2.45) is 10.8 Å². The van der Waals surface area contributed by atoms with E-state index >= 15 is 0 Å². The third-order valence-corrected chi connectivity index (χ3v) is 12.7. The first-order chi connectivity index (χ1) is 20.8. The summed E-state index contributed by atoms with van der Waals surface area (Å²) in [5, 5.41) is 41.7. The summed E-state index contributed by atoms with van der Waals surface area (Å²) in [4.78, 5) is 0. The van der Waals surface area contributed by atoms with E-state index in [4.69, 9.17) is 0 Å². The average molecular weight is 623 g/mol. The Morgan fingerprint density at radius 1 is 0.477 bits per heavy atom. The number of hydrogen-bond donors (Lipinski definition) is 0. The molecule has 0 spiro atoms. The minimum Gasteiger partial charge on any atom is -0.229 e. The average Bonchev–Trinajstić information content (AvgIpc) is 3.01. The van der Waals surface area contributed by atoms with Crippen molar-refractivity contribution in [3.63, 3.8) is 0 Å². The minimum atomic E-state index is -3.66. The summed E-state index contributed by atoms with van der Waals surface area (Å²) in [6, 6.07) is 29.4. The number of nitriles is 4. The third kappa shape index (κ3) is 5.26. The molecule has 2 fully saturated rings. The minimum absolute atomic E-state index is 0.334. The van der Waals surface area contributed by atoms with Gasteiger partial charge in [-0.2, -0.15) is 21.0 Å². The van der Waals surface area contributed by atoms with Crippen LogP contribution < -0.4 is 0 Å². The van der Waals surface area contributed by atoms with Crippen LogP contribution in [0.4, 0.5) is 0 Å². The van der Waals surface area contributed by atoms with Crippen LogP contribution in [0, 0.1) is 70.0 Å². The molecule has 8 nitrogen and oxygen atoms in total. The molecule has 0 radical (unpaired) electrons. The summed E-state index contributed by atoms with van der Waals surface area (Å²) >= 11 is 0. The molecule has 10 heteroatoms. The Morgan fingerprint density at radius 3 is 0.886 bits per heavy atom. The Labute approximate surface area is 258 Å². The van der Waals surface area contributed by atoms with Crippen LogP contribution in [0.1, 0.15) is 57.1 Å². The van der Waals surface area contributed by atoms with Gasteiger partial charge in [0.05, 0.1) is 47.3 Å². The lowest BCUT2D eigenvalue weighted by atomic mass is 9.63. The molecule has 0 bridgehead atoms. The zero-order chi connectivity index (χ0) is 31.9. The quantitative estimate of drug-likeness (QED) is 0.394. The van der Waals surface area contributed by atoms with Gasteiger partial charge in [-0.3, -0.25) is 0 Å². The maximum Gasteiger partial charge on any atom is 0.159 e. The fraction of sp³-hybridized carbons (Fsp3) is 0.353. The Balaban J connectivity index is 1.59. The second-order valence-electron chi connectivity index (χ2n) is 12.0. The zero-order valence-corrected chi connectivity index (χ0v) is 25.9. The molecule has 2 heterocycles. The maximum absolute atomic E-state index is 13.2. The molecule has 0 amide bonds. The monoisotopic (exact) mass is 622 g/mol. The molecule has 3 aromatic carbocycles. The summed E-state index contributed by atoms with van der Waals surface area (Å²) in [7, 11) is -7.32. The molecule has 0 aromatic heterocycles. The van der Waals surface area contributed by atoms with Crippen molar-refractivity contribution in [2.45, 2.75) is 37.5 Å². The first-order valence-electron chi connectivity index (χ1n) is 14.1. The highest BCUT2D eigenvalue weighted by Crippen LogP contribution is 2.53. The van der Waals surface area contributed by atoms with Gasteiger partial charge in [-0.25, -0.2) is 16.8 Å². The van der Waals surface area contributed by atoms with Gasteiger partial charge in [-0.1, -0.05) is 83.9 Å². The number of sulfone groups is 2. The SMILES string of the molecule is Cc1ccc(C2CS(=O)(=O)CC(c3ccc(C4CS(=O)(=O)CC(c5ccc(C)cc5)C4(C#N)C#N)cc3)C2(C#N)C#N)cc1. The molecule has 5 rings (SSSR count). The van der Waals surface area contributed by atoms with Crippen LogP contribution in [0.25, 0.3) is 0 Å². The number of hydrogen-bond acceptors (Lipinski definition) is 8. The zero-order valence-electron chi connectivity index (χ0n) is 24.3. The van der Waals surface area contributed by atoms with Crippen molar-refractivity contribution < 1.29 is 16.8 Å². The molecular formula is C34H30N4O4S2. The molecule has 3 aromatic rings. The lowest BCUT2D eigenvalue weighted by molar-refractivity contribution is 0.347. The van der Waals surface area contributed by atoms with E-state index in [9.17, 15) is 37.9 Å². The van der Waals surface area contributed by atoms with Crippen LogP contribution in [-0.4, -0.2) is 39.8 Å². The van der Waals surface area contributed by atoms with Crippen LogP contribution >= 0.6 is 0 Å². The lowest BCUT2D eigenvalue weighted by Gasteiger charge is -2.41. The van der Waals surface area contributed by atoms with Gasteiger partial charge in [-0.05, 0) is 36.1 Å². The predicted octanol–water partition coefficient (Wildman–Crippen LogP) is 4.96. The van der Waals surface area contributed by atoms with Crippen molar-refractivity contribution in [2.75, 3.05) is 23.0 Å². The topological polar surface area (TPSA) is 163 Å². The second kappa shape index (κ2) is 11.2. The van der Waals surface area contributed by atoms with Crippen molar-refractivity contribution in [3.8, 4) is 24.3 Å². The third-order valence-electron chi connectivity index (χ3n) is 9.32. The Kier molecular flexibility index (Phi) is 7.89. The highest BCUT2D eigenvalue weighted by atomic mass is 32.2. The number of nitrogens with zero attached hydrogens (tertiary/aromatic N) is 4. The van der Waals surface area contributed by atoms with Gasteiger partial charge < -0.3 is 0 Å². The van der Waals surface area contributed by atoms with Crippen molar-refractivity contribution in [1.29, 1.82) is 21.0 Å². The van der Waals surface area contributed by atoms with Gasteiger partial charge in [-0.15, -0.1) is 0 Å². The molecule has 0 saturated carbocycles. The van der Waals surface area contributed by atoms with E-state index in [0.29, 0.717) is 22.3 Å². The van der Waals surface area contributed by atoms with E-state index in [1.54, 1.807) is 48.5 Å². The van der Waals surface area contributed by atoms with Gasteiger partial charge in [0, 0.05) is 23.7 Å². The fourth-order valence-corrected chi connectivity index (χ4v) is 11.0. The Hall–Kier alpha value is -4.48.